The first-order valence-corrected chi connectivity index (χ1v) is 6.54. The predicted octanol–water partition coefficient (Wildman–Crippen LogP) is 1.62. The molecule has 120 valence electrons. The fourth-order valence-corrected chi connectivity index (χ4v) is 1.78. The van der Waals surface area contributed by atoms with Gasteiger partial charge in [0.05, 0.1) is 12.8 Å². The number of methoxy groups -OCH3 is 1. The van der Waals surface area contributed by atoms with E-state index in [1.807, 2.05) is 5.32 Å². The minimum Gasteiger partial charge on any atom is -0.481 e. The summed E-state index contributed by atoms with van der Waals surface area (Å²) in [6.45, 7) is -0.00506. The number of hydrogen-bond donors (Lipinski definition) is 2. The Balaban J connectivity index is 1.98. The Bertz CT molecular complexity index is 738. The summed E-state index contributed by atoms with van der Waals surface area (Å²) in [6.07, 6.45) is 1.52. The zero-order valence-electron chi connectivity index (χ0n) is 12.1. The van der Waals surface area contributed by atoms with Crippen molar-refractivity contribution in [3.05, 3.63) is 53.7 Å². The Hall–Kier alpha value is -3.03. The Kier molecular flexibility index (Phi) is 5.19. The van der Waals surface area contributed by atoms with Gasteiger partial charge in [-0.2, -0.15) is 0 Å². The molecule has 0 saturated heterocycles. The topological polar surface area (TPSA) is 80.3 Å². The van der Waals surface area contributed by atoms with E-state index in [2.05, 4.69) is 10.3 Å². The smallest absolute Gasteiger partial charge is 0.313 e. The summed E-state index contributed by atoms with van der Waals surface area (Å²) in [5.41, 5.74) is 0.150. The van der Waals surface area contributed by atoms with Crippen LogP contribution < -0.4 is 15.4 Å². The molecule has 2 rings (SSSR count). The molecule has 1 heterocycles. The molecular weight excluding hydrogens is 308 g/mol. The van der Waals surface area contributed by atoms with Crippen molar-refractivity contribution in [1.82, 2.24) is 10.3 Å². The van der Waals surface area contributed by atoms with Crippen molar-refractivity contribution in [1.29, 1.82) is 0 Å². The van der Waals surface area contributed by atoms with Gasteiger partial charge in [0.15, 0.2) is 11.6 Å². The van der Waals surface area contributed by atoms with Gasteiger partial charge in [0.25, 0.3) is 0 Å². The molecule has 0 saturated carbocycles. The lowest BCUT2D eigenvalue weighted by Gasteiger charge is -2.09. The highest BCUT2D eigenvalue weighted by Gasteiger charge is 2.17. The number of ether oxygens (including phenoxy) is 1. The van der Waals surface area contributed by atoms with Gasteiger partial charge < -0.3 is 15.4 Å². The molecule has 0 radical (unpaired) electrons. The van der Waals surface area contributed by atoms with Gasteiger partial charge in [-0.05, 0) is 18.2 Å². The number of pyridine rings is 1. The fraction of sp³-hybridized carbons (Fsp3) is 0.133. The number of carbonyl (C=O) groups is 2. The van der Waals surface area contributed by atoms with Crippen molar-refractivity contribution in [3.63, 3.8) is 0 Å². The molecule has 0 bridgehead atoms. The van der Waals surface area contributed by atoms with Gasteiger partial charge >= 0.3 is 11.8 Å². The molecule has 23 heavy (non-hydrogen) atoms. The third-order valence-electron chi connectivity index (χ3n) is 2.89. The second-order valence-corrected chi connectivity index (χ2v) is 4.41. The minimum absolute atomic E-state index is 0.00506. The monoisotopic (exact) mass is 321 g/mol. The second-order valence-electron chi connectivity index (χ2n) is 4.41. The zero-order chi connectivity index (χ0) is 16.8. The normalized spacial score (nSPS) is 10.0. The molecule has 0 aliphatic heterocycles. The van der Waals surface area contributed by atoms with Gasteiger partial charge in [-0.1, -0.05) is 12.1 Å². The largest absolute Gasteiger partial charge is 0.481 e. The average Bonchev–Trinajstić information content (AvgIpc) is 2.57. The standard InChI is InChI=1S/C15H13F2N3O3/c1-23-15-9(4-3-7-18-15)8-19-13(21)14(22)20-11-6-2-5-10(16)12(11)17/h2-7H,8H2,1H3,(H,19,21)(H,20,22). The van der Waals surface area contributed by atoms with Crippen LogP contribution in [-0.2, 0) is 16.1 Å². The van der Waals surface area contributed by atoms with Crippen LogP contribution in [0.15, 0.2) is 36.5 Å². The van der Waals surface area contributed by atoms with Crippen LogP contribution in [0.1, 0.15) is 5.56 Å². The van der Waals surface area contributed by atoms with Gasteiger partial charge in [0.2, 0.25) is 5.88 Å². The van der Waals surface area contributed by atoms with Crippen LogP contribution in [0.4, 0.5) is 14.5 Å². The molecule has 6 nitrogen and oxygen atoms in total. The lowest BCUT2D eigenvalue weighted by Crippen LogP contribution is -2.35. The van der Waals surface area contributed by atoms with Crippen molar-refractivity contribution in [3.8, 4) is 5.88 Å². The van der Waals surface area contributed by atoms with Gasteiger partial charge in [-0.3, -0.25) is 9.59 Å². The molecule has 0 unspecified atom stereocenters. The van der Waals surface area contributed by atoms with E-state index in [9.17, 15) is 18.4 Å². The van der Waals surface area contributed by atoms with Gasteiger partial charge in [0.1, 0.15) is 0 Å². The van der Waals surface area contributed by atoms with Crippen molar-refractivity contribution in [2.45, 2.75) is 6.54 Å². The van der Waals surface area contributed by atoms with E-state index < -0.39 is 29.1 Å². The van der Waals surface area contributed by atoms with E-state index in [-0.39, 0.29) is 6.54 Å². The summed E-state index contributed by atoms with van der Waals surface area (Å²) in [7, 11) is 1.42. The van der Waals surface area contributed by atoms with E-state index in [0.29, 0.717) is 11.4 Å². The van der Waals surface area contributed by atoms with Crippen LogP contribution >= 0.6 is 0 Å². The summed E-state index contributed by atoms with van der Waals surface area (Å²) >= 11 is 0. The fourth-order valence-electron chi connectivity index (χ4n) is 1.78. The van der Waals surface area contributed by atoms with E-state index in [4.69, 9.17) is 4.74 Å². The third-order valence-corrected chi connectivity index (χ3v) is 2.89. The molecule has 1 aromatic heterocycles. The van der Waals surface area contributed by atoms with Crippen LogP contribution in [0.25, 0.3) is 0 Å². The first-order chi connectivity index (χ1) is 11.0. The highest BCUT2D eigenvalue weighted by molar-refractivity contribution is 6.39. The van der Waals surface area contributed by atoms with E-state index in [1.165, 1.54) is 19.4 Å². The number of hydrogen-bond acceptors (Lipinski definition) is 4. The lowest BCUT2D eigenvalue weighted by molar-refractivity contribution is -0.136. The summed E-state index contributed by atoms with van der Waals surface area (Å²) in [5, 5.41) is 4.34. The van der Waals surface area contributed by atoms with Gasteiger partial charge in [-0.15, -0.1) is 0 Å². The SMILES string of the molecule is COc1ncccc1CNC(=O)C(=O)Nc1cccc(F)c1F. The summed E-state index contributed by atoms with van der Waals surface area (Å²) < 4.78 is 31.5. The van der Waals surface area contributed by atoms with Crippen molar-refractivity contribution >= 4 is 17.5 Å². The molecule has 0 spiro atoms. The molecular formula is C15H13F2N3O3. The summed E-state index contributed by atoms with van der Waals surface area (Å²) in [4.78, 5) is 27.4. The number of anilines is 1. The number of carbonyl (C=O) groups excluding carboxylic acids is 2. The van der Waals surface area contributed by atoms with Crippen LogP contribution in [0.3, 0.4) is 0 Å². The predicted molar refractivity (Wildman–Crippen MR) is 77.6 cm³/mol. The number of halogens is 2. The third kappa shape index (κ3) is 4.00. The van der Waals surface area contributed by atoms with Crippen LogP contribution in [0.2, 0.25) is 0 Å². The van der Waals surface area contributed by atoms with E-state index >= 15 is 0 Å². The van der Waals surface area contributed by atoms with Crippen LogP contribution in [0, 0.1) is 11.6 Å². The van der Waals surface area contributed by atoms with Crippen molar-refractivity contribution in [2.75, 3.05) is 12.4 Å². The molecule has 0 atom stereocenters. The summed E-state index contributed by atoms with van der Waals surface area (Å²) in [5.74, 6) is -4.16. The maximum absolute atomic E-state index is 13.4. The van der Waals surface area contributed by atoms with Gasteiger partial charge in [-0.25, -0.2) is 13.8 Å². The van der Waals surface area contributed by atoms with Gasteiger partial charge in [0, 0.05) is 18.3 Å². The molecule has 2 amide bonds. The average molecular weight is 321 g/mol. The van der Waals surface area contributed by atoms with E-state index in [1.54, 1.807) is 12.1 Å². The first-order valence-electron chi connectivity index (χ1n) is 6.54. The number of nitrogens with zero attached hydrogens (tertiary/aromatic N) is 1. The Morgan fingerprint density at radius 3 is 2.70 bits per heavy atom. The molecule has 2 N–H and O–H groups in total. The van der Waals surface area contributed by atoms with Crippen molar-refractivity contribution < 1.29 is 23.1 Å². The Labute approximate surface area is 130 Å². The molecule has 0 aliphatic carbocycles. The quantitative estimate of drug-likeness (QED) is 0.839. The number of nitrogens with one attached hydrogen (secondary N) is 2. The van der Waals surface area contributed by atoms with Crippen LogP contribution in [-0.4, -0.2) is 23.9 Å². The minimum atomic E-state index is -1.23. The molecule has 0 fully saturated rings. The maximum Gasteiger partial charge on any atom is 0.313 e. The maximum atomic E-state index is 13.4. The second kappa shape index (κ2) is 7.30. The number of rotatable bonds is 4. The number of aromatic nitrogens is 1. The lowest BCUT2D eigenvalue weighted by atomic mass is 10.2. The van der Waals surface area contributed by atoms with Crippen LogP contribution in [0.5, 0.6) is 5.88 Å². The molecule has 0 aliphatic rings. The Morgan fingerprint density at radius 1 is 1.17 bits per heavy atom. The molecule has 8 heteroatoms. The van der Waals surface area contributed by atoms with E-state index in [0.717, 1.165) is 12.1 Å². The molecule has 1 aromatic carbocycles. The number of amides is 2. The zero-order valence-corrected chi connectivity index (χ0v) is 12.1. The highest BCUT2D eigenvalue weighted by Crippen LogP contribution is 2.16. The first kappa shape index (κ1) is 16.3. The summed E-state index contributed by atoms with van der Waals surface area (Å²) in [6, 6.07) is 6.57. The number of benzene rings is 1. The van der Waals surface area contributed by atoms with Crippen molar-refractivity contribution in [2.24, 2.45) is 0 Å². The highest BCUT2D eigenvalue weighted by atomic mass is 19.2. The molecule has 2 aromatic rings. The Morgan fingerprint density at radius 2 is 1.96 bits per heavy atom.